The summed E-state index contributed by atoms with van der Waals surface area (Å²) >= 11 is 1.87. The summed E-state index contributed by atoms with van der Waals surface area (Å²) in [5.41, 5.74) is 13.7. The van der Waals surface area contributed by atoms with Crippen LogP contribution >= 0.6 is 11.3 Å². The summed E-state index contributed by atoms with van der Waals surface area (Å²) in [6.07, 6.45) is 0. The molecule has 0 atom stereocenters. The van der Waals surface area contributed by atoms with Crippen molar-refractivity contribution in [1.29, 1.82) is 0 Å². The van der Waals surface area contributed by atoms with Gasteiger partial charge >= 0.3 is 0 Å². The zero-order valence-corrected chi connectivity index (χ0v) is 29.4. The molecule has 0 spiro atoms. The van der Waals surface area contributed by atoms with E-state index in [1.807, 2.05) is 11.3 Å². The number of rotatable bonds is 5. The average Bonchev–Trinajstić information content (AvgIpc) is 3.67. The monoisotopic (exact) mass is 669 g/mol. The quantitative estimate of drug-likeness (QED) is 0.176. The van der Waals surface area contributed by atoms with Crippen LogP contribution in [0.4, 0.5) is 17.1 Å². The molecule has 0 radical (unpaired) electrons. The largest absolute Gasteiger partial charge is 0.309 e. The maximum atomic E-state index is 2.48. The standard InChI is InChI=1S/C49H35NS/c1-49(2)42-21-9-5-19-41(42)48-40(20-13-22-43(48)49)37-17-7-11-24-45(37)50(35-28-26-32-14-3-4-15-33(32)30-35)44-23-10-6-16-36(44)34-27-29-39-38-18-8-12-25-46(38)51-47(39)31-34/h3-31H,1-2H3. The zero-order valence-electron chi connectivity index (χ0n) is 28.6. The Balaban J connectivity index is 1.23. The highest BCUT2D eigenvalue weighted by Gasteiger charge is 2.37. The van der Waals surface area contributed by atoms with Crippen LogP contribution in [0.2, 0.25) is 0 Å². The van der Waals surface area contributed by atoms with Crippen molar-refractivity contribution in [2.75, 3.05) is 4.90 Å². The van der Waals surface area contributed by atoms with Crippen molar-refractivity contribution in [2.24, 2.45) is 0 Å². The van der Waals surface area contributed by atoms with Crippen LogP contribution in [0.3, 0.4) is 0 Å². The molecule has 9 aromatic rings. The van der Waals surface area contributed by atoms with E-state index >= 15 is 0 Å². The van der Waals surface area contributed by atoms with Crippen LogP contribution in [0.15, 0.2) is 176 Å². The lowest BCUT2D eigenvalue weighted by Gasteiger charge is -2.30. The lowest BCUT2D eigenvalue weighted by atomic mass is 9.82. The number of fused-ring (bicyclic) bond motifs is 7. The first-order valence-electron chi connectivity index (χ1n) is 17.7. The summed E-state index contributed by atoms with van der Waals surface area (Å²) in [5, 5.41) is 5.09. The Morgan fingerprint density at radius 3 is 1.92 bits per heavy atom. The fraction of sp³-hybridized carbons (Fsp3) is 0.0612. The van der Waals surface area contributed by atoms with E-state index in [9.17, 15) is 0 Å². The second-order valence-corrected chi connectivity index (χ2v) is 15.2. The number of anilines is 3. The second-order valence-electron chi connectivity index (χ2n) is 14.1. The molecule has 10 rings (SSSR count). The third-order valence-corrected chi connectivity index (χ3v) is 12.0. The van der Waals surface area contributed by atoms with Gasteiger partial charge in [-0.1, -0.05) is 153 Å². The summed E-state index contributed by atoms with van der Waals surface area (Å²) in [5.74, 6) is 0. The molecule has 0 saturated carbocycles. The Labute approximate surface area is 302 Å². The van der Waals surface area contributed by atoms with Gasteiger partial charge in [0.25, 0.3) is 0 Å². The second kappa shape index (κ2) is 11.6. The summed E-state index contributed by atoms with van der Waals surface area (Å²) in [6, 6.07) is 64.9. The molecule has 0 bridgehead atoms. The molecule has 242 valence electrons. The number of hydrogen-bond acceptors (Lipinski definition) is 2. The zero-order chi connectivity index (χ0) is 34.1. The fourth-order valence-electron chi connectivity index (χ4n) is 8.41. The Morgan fingerprint density at radius 2 is 1.06 bits per heavy atom. The van der Waals surface area contributed by atoms with E-state index in [4.69, 9.17) is 0 Å². The molecule has 8 aromatic carbocycles. The Morgan fingerprint density at radius 1 is 0.431 bits per heavy atom. The third kappa shape index (κ3) is 4.67. The molecule has 51 heavy (non-hydrogen) atoms. The van der Waals surface area contributed by atoms with Crippen LogP contribution in [0.25, 0.3) is 64.3 Å². The van der Waals surface area contributed by atoms with Crippen molar-refractivity contribution in [2.45, 2.75) is 19.3 Å². The summed E-state index contributed by atoms with van der Waals surface area (Å²) in [6.45, 7) is 4.72. The number of benzene rings is 8. The minimum Gasteiger partial charge on any atom is -0.309 e. The summed E-state index contributed by atoms with van der Waals surface area (Å²) in [7, 11) is 0. The number of para-hydroxylation sites is 2. The molecule has 1 aliphatic carbocycles. The van der Waals surface area contributed by atoms with E-state index in [2.05, 4.69) is 195 Å². The third-order valence-electron chi connectivity index (χ3n) is 10.9. The van der Waals surface area contributed by atoms with Gasteiger partial charge in [-0.25, -0.2) is 0 Å². The average molecular weight is 670 g/mol. The van der Waals surface area contributed by atoms with E-state index in [1.165, 1.54) is 75.5 Å². The van der Waals surface area contributed by atoms with Crippen LogP contribution in [-0.2, 0) is 5.41 Å². The summed E-state index contributed by atoms with van der Waals surface area (Å²) < 4.78 is 2.63. The van der Waals surface area contributed by atoms with Gasteiger partial charge in [0.05, 0.1) is 11.4 Å². The van der Waals surface area contributed by atoms with Gasteiger partial charge in [-0.3, -0.25) is 0 Å². The van der Waals surface area contributed by atoms with E-state index in [1.54, 1.807) is 0 Å². The molecule has 0 fully saturated rings. The molecule has 1 aromatic heterocycles. The number of thiophene rings is 1. The molecule has 1 heterocycles. The van der Waals surface area contributed by atoms with Gasteiger partial charge in [-0.15, -0.1) is 11.3 Å². The van der Waals surface area contributed by atoms with Gasteiger partial charge in [0.1, 0.15) is 0 Å². The molecular formula is C49H35NS. The SMILES string of the molecule is CC1(C)c2ccccc2-c2c(-c3ccccc3N(c3ccc4ccccc4c3)c3ccccc3-c3ccc4c(c3)sc3ccccc34)cccc21. The lowest BCUT2D eigenvalue weighted by Crippen LogP contribution is -2.15. The van der Waals surface area contributed by atoms with Crippen LogP contribution in [0.1, 0.15) is 25.0 Å². The van der Waals surface area contributed by atoms with Gasteiger partial charge in [0, 0.05) is 42.4 Å². The number of hydrogen-bond donors (Lipinski definition) is 0. The fourth-order valence-corrected chi connectivity index (χ4v) is 9.55. The maximum Gasteiger partial charge on any atom is 0.0540 e. The van der Waals surface area contributed by atoms with Crippen molar-refractivity contribution < 1.29 is 0 Å². The predicted octanol–water partition coefficient (Wildman–Crippen LogP) is 14.3. The van der Waals surface area contributed by atoms with E-state index in [0.717, 1.165) is 17.1 Å². The molecular weight excluding hydrogens is 635 g/mol. The highest BCUT2D eigenvalue weighted by Crippen LogP contribution is 2.54. The highest BCUT2D eigenvalue weighted by atomic mass is 32.1. The minimum atomic E-state index is -0.0766. The van der Waals surface area contributed by atoms with Gasteiger partial charge in [0.15, 0.2) is 0 Å². The van der Waals surface area contributed by atoms with E-state index < -0.39 is 0 Å². The van der Waals surface area contributed by atoms with Crippen molar-refractivity contribution in [3.8, 4) is 33.4 Å². The predicted molar refractivity (Wildman–Crippen MR) is 220 cm³/mol. The number of nitrogens with zero attached hydrogens (tertiary/aromatic N) is 1. The lowest BCUT2D eigenvalue weighted by molar-refractivity contribution is 0.660. The smallest absolute Gasteiger partial charge is 0.0540 e. The first-order chi connectivity index (χ1) is 25.1. The molecule has 0 unspecified atom stereocenters. The molecule has 1 aliphatic rings. The molecule has 0 amide bonds. The summed E-state index contributed by atoms with van der Waals surface area (Å²) in [4.78, 5) is 2.48. The molecule has 1 nitrogen and oxygen atoms in total. The van der Waals surface area contributed by atoms with E-state index in [-0.39, 0.29) is 5.41 Å². The van der Waals surface area contributed by atoms with Gasteiger partial charge in [-0.2, -0.15) is 0 Å². The first-order valence-corrected chi connectivity index (χ1v) is 18.5. The van der Waals surface area contributed by atoms with Crippen molar-refractivity contribution in [3.63, 3.8) is 0 Å². The van der Waals surface area contributed by atoms with E-state index in [0.29, 0.717) is 0 Å². The van der Waals surface area contributed by atoms with Crippen molar-refractivity contribution in [1.82, 2.24) is 0 Å². The van der Waals surface area contributed by atoms with Crippen LogP contribution < -0.4 is 4.90 Å². The minimum absolute atomic E-state index is 0.0766. The van der Waals surface area contributed by atoms with Crippen molar-refractivity contribution >= 4 is 59.3 Å². The Bertz CT molecular complexity index is 2800. The van der Waals surface area contributed by atoms with Crippen LogP contribution in [0.5, 0.6) is 0 Å². The molecule has 0 N–H and O–H groups in total. The van der Waals surface area contributed by atoms with Crippen LogP contribution in [-0.4, -0.2) is 0 Å². The molecule has 0 aliphatic heterocycles. The first kappa shape index (κ1) is 29.9. The molecule has 0 saturated heterocycles. The van der Waals surface area contributed by atoms with Crippen molar-refractivity contribution in [3.05, 3.63) is 187 Å². The van der Waals surface area contributed by atoms with Gasteiger partial charge in [-0.05, 0) is 80.6 Å². The highest BCUT2D eigenvalue weighted by molar-refractivity contribution is 7.25. The van der Waals surface area contributed by atoms with Gasteiger partial charge in [0.2, 0.25) is 0 Å². The topological polar surface area (TPSA) is 3.24 Å². The maximum absolute atomic E-state index is 2.48. The van der Waals surface area contributed by atoms with Gasteiger partial charge < -0.3 is 4.90 Å². The Kier molecular flexibility index (Phi) is 6.78. The Hall–Kier alpha value is -5.96. The normalized spacial score (nSPS) is 13.1. The molecule has 2 heteroatoms. The van der Waals surface area contributed by atoms with Crippen LogP contribution in [0, 0.1) is 0 Å².